The number of benzene rings is 1. The lowest BCUT2D eigenvalue weighted by molar-refractivity contribution is -0.147. The number of hydrogen-bond donors (Lipinski definition) is 0. The number of carbonyl (C=O) groups is 2. The van der Waals surface area contributed by atoms with Crippen LogP contribution in [0.4, 0.5) is 5.69 Å². The van der Waals surface area contributed by atoms with Gasteiger partial charge in [-0.15, -0.1) is 0 Å². The molecule has 0 unspecified atom stereocenters. The Labute approximate surface area is 169 Å². The molecular weight excluding hydrogens is 370 g/mol. The molecule has 2 aromatic heterocycles. The highest BCUT2D eigenvalue weighted by Crippen LogP contribution is 2.17. The Balaban J connectivity index is 1.59. The summed E-state index contributed by atoms with van der Waals surface area (Å²) < 4.78 is 6.90. The van der Waals surface area contributed by atoms with Gasteiger partial charge in [0.2, 0.25) is 0 Å². The molecule has 0 N–H and O–H groups in total. The van der Waals surface area contributed by atoms with Gasteiger partial charge >= 0.3 is 5.97 Å². The number of aromatic nitrogens is 4. The molecule has 0 aliphatic rings. The average Bonchev–Trinajstić information content (AvgIpc) is 3.15. The summed E-state index contributed by atoms with van der Waals surface area (Å²) in [5.41, 5.74) is 3.41. The number of anilines is 1. The standard InChI is InChI=1S/C21H25N5O3/c1-14(2)25(17-8-6-5-7-9-17)19(27)12-29-20(28)11-10-18-15(3)24-21-22-13-23-26(21)16(18)4/h5-9,13-14H,10-12H2,1-4H3. The molecule has 152 valence electrons. The topological polar surface area (TPSA) is 89.7 Å². The van der Waals surface area contributed by atoms with E-state index in [4.69, 9.17) is 4.74 Å². The van der Waals surface area contributed by atoms with Crippen molar-refractivity contribution >= 4 is 23.3 Å². The molecular formula is C21H25N5O3. The SMILES string of the molecule is Cc1nc2ncnn2c(C)c1CCC(=O)OCC(=O)N(c1ccccc1)C(C)C. The summed E-state index contributed by atoms with van der Waals surface area (Å²) in [5.74, 6) is -0.142. The van der Waals surface area contributed by atoms with E-state index in [0.29, 0.717) is 12.2 Å². The van der Waals surface area contributed by atoms with Crippen LogP contribution >= 0.6 is 0 Å². The summed E-state index contributed by atoms with van der Waals surface area (Å²) >= 11 is 0. The van der Waals surface area contributed by atoms with Gasteiger partial charge in [0.15, 0.2) is 6.61 Å². The van der Waals surface area contributed by atoms with E-state index < -0.39 is 5.97 Å². The number of rotatable bonds is 7. The highest BCUT2D eigenvalue weighted by molar-refractivity contribution is 5.95. The van der Waals surface area contributed by atoms with Crippen molar-refractivity contribution in [3.05, 3.63) is 53.6 Å². The van der Waals surface area contributed by atoms with Crippen LogP contribution in [0.1, 0.15) is 37.2 Å². The molecule has 8 nitrogen and oxygen atoms in total. The van der Waals surface area contributed by atoms with Crippen molar-refractivity contribution in [1.82, 2.24) is 19.6 Å². The zero-order valence-electron chi connectivity index (χ0n) is 17.1. The molecule has 1 amide bonds. The third kappa shape index (κ3) is 4.59. The highest BCUT2D eigenvalue weighted by Gasteiger charge is 2.20. The van der Waals surface area contributed by atoms with Crippen molar-refractivity contribution in [2.75, 3.05) is 11.5 Å². The van der Waals surface area contributed by atoms with Gasteiger partial charge < -0.3 is 9.64 Å². The van der Waals surface area contributed by atoms with E-state index in [2.05, 4.69) is 15.1 Å². The predicted molar refractivity (Wildman–Crippen MR) is 109 cm³/mol. The van der Waals surface area contributed by atoms with Gasteiger partial charge in [0.1, 0.15) is 6.33 Å². The average molecular weight is 395 g/mol. The fourth-order valence-electron chi connectivity index (χ4n) is 3.35. The lowest BCUT2D eigenvalue weighted by atomic mass is 10.1. The molecule has 0 radical (unpaired) electrons. The minimum absolute atomic E-state index is 0.0469. The van der Waals surface area contributed by atoms with Crippen LogP contribution in [-0.4, -0.2) is 44.1 Å². The largest absolute Gasteiger partial charge is 0.456 e. The van der Waals surface area contributed by atoms with Gasteiger partial charge in [-0.25, -0.2) is 9.50 Å². The number of fused-ring (bicyclic) bond motifs is 1. The number of ether oxygens (including phenoxy) is 1. The van der Waals surface area contributed by atoms with Crippen LogP contribution in [0.2, 0.25) is 0 Å². The normalized spacial score (nSPS) is 11.1. The smallest absolute Gasteiger partial charge is 0.306 e. The molecule has 0 bridgehead atoms. The second kappa shape index (κ2) is 8.81. The number of esters is 1. The number of aryl methyl sites for hydroxylation is 2. The quantitative estimate of drug-likeness (QED) is 0.572. The van der Waals surface area contributed by atoms with Crippen molar-refractivity contribution in [2.45, 2.75) is 46.6 Å². The summed E-state index contributed by atoms with van der Waals surface area (Å²) in [6.07, 6.45) is 2.07. The maximum atomic E-state index is 12.6. The molecule has 0 saturated carbocycles. The zero-order chi connectivity index (χ0) is 21.0. The Morgan fingerprint density at radius 3 is 2.59 bits per heavy atom. The molecule has 0 fully saturated rings. The van der Waals surface area contributed by atoms with Crippen LogP contribution in [0.15, 0.2) is 36.7 Å². The maximum absolute atomic E-state index is 12.6. The van der Waals surface area contributed by atoms with Crippen LogP contribution < -0.4 is 4.90 Å². The van der Waals surface area contributed by atoms with Gasteiger partial charge in [-0.3, -0.25) is 9.59 Å². The minimum Gasteiger partial charge on any atom is -0.456 e. The van der Waals surface area contributed by atoms with Crippen LogP contribution in [0, 0.1) is 13.8 Å². The molecule has 0 spiro atoms. The third-order valence-electron chi connectivity index (χ3n) is 4.74. The van der Waals surface area contributed by atoms with Gasteiger partial charge in [-0.05, 0) is 51.8 Å². The minimum atomic E-state index is -0.424. The second-order valence-corrected chi connectivity index (χ2v) is 7.09. The van der Waals surface area contributed by atoms with Crippen LogP contribution in [-0.2, 0) is 20.7 Å². The van der Waals surface area contributed by atoms with Crippen LogP contribution in [0.3, 0.4) is 0 Å². The first-order valence-electron chi connectivity index (χ1n) is 9.57. The molecule has 0 aliphatic carbocycles. The van der Waals surface area contributed by atoms with Gasteiger partial charge in [0, 0.05) is 29.5 Å². The first kappa shape index (κ1) is 20.4. The van der Waals surface area contributed by atoms with Crippen LogP contribution in [0.5, 0.6) is 0 Å². The van der Waals surface area contributed by atoms with Crippen molar-refractivity contribution < 1.29 is 14.3 Å². The predicted octanol–water partition coefficient (Wildman–Crippen LogP) is 2.66. The van der Waals surface area contributed by atoms with E-state index in [-0.39, 0.29) is 25.0 Å². The van der Waals surface area contributed by atoms with Crippen molar-refractivity contribution in [3.8, 4) is 0 Å². The Morgan fingerprint density at radius 1 is 1.17 bits per heavy atom. The van der Waals surface area contributed by atoms with Crippen LogP contribution in [0.25, 0.3) is 5.78 Å². The molecule has 2 heterocycles. The molecule has 3 rings (SSSR count). The lowest BCUT2D eigenvalue weighted by Crippen LogP contribution is -2.39. The van der Waals surface area contributed by atoms with E-state index >= 15 is 0 Å². The summed E-state index contributed by atoms with van der Waals surface area (Å²) in [6.45, 7) is 7.36. The number of carbonyl (C=O) groups excluding carboxylic acids is 2. The van der Waals surface area contributed by atoms with Gasteiger partial charge in [0.05, 0.1) is 0 Å². The molecule has 0 saturated heterocycles. The van der Waals surface area contributed by atoms with Crippen molar-refractivity contribution in [3.63, 3.8) is 0 Å². The van der Waals surface area contributed by atoms with E-state index in [9.17, 15) is 9.59 Å². The fraction of sp³-hybridized carbons (Fsp3) is 0.381. The summed E-state index contributed by atoms with van der Waals surface area (Å²) in [5, 5.41) is 4.15. The molecule has 0 atom stereocenters. The molecule has 29 heavy (non-hydrogen) atoms. The number of hydrogen-bond acceptors (Lipinski definition) is 6. The van der Waals surface area contributed by atoms with Crippen molar-refractivity contribution in [1.29, 1.82) is 0 Å². The Bertz CT molecular complexity index is 1010. The van der Waals surface area contributed by atoms with E-state index in [1.807, 2.05) is 58.0 Å². The monoisotopic (exact) mass is 395 g/mol. The lowest BCUT2D eigenvalue weighted by Gasteiger charge is -2.26. The third-order valence-corrected chi connectivity index (χ3v) is 4.74. The van der Waals surface area contributed by atoms with Gasteiger partial charge in [-0.2, -0.15) is 10.1 Å². The number of nitrogens with zero attached hydrogens (tertiary/aromatic N) is 5. The summed E-state index contributed by atoms with van der Waals surface area (Å²) in [6, 6.07) is 9.30. The number of amides is 1. The van der Waals surface area contributed by atoms with E-state index in [0.717, 1.165) is 22.6 Å². The molecule has 8 heteroatoms. The Kier molecular flexibility index (Phi) is 6.21. The summed E-state index contributed by atoms with van der Waals surface area (Å²) in [4.78, 5) is 35.0. The molecule has 3 aromatic rings. The van der Waals surface area contributed by atoms with Crippen molar-refractivity contribution in [2.24, 2.45) is 0 Å². The summed E-state index contributed by atoms with van der Waals surface area (Å²) in [7, 11) is 0. The number of para-hydroxylation sites is 1. The van der Waals surface area contributed by atoms with E-state index in [1.165, 1.54) is 6.33 Å². The fourth-order valence-corrected chi connectivity index (χ4v) is 3.35. The zero-order valence-corrected chi connectivity index (χ0v) is 17.1. The van der Waals surface area contributed by atoms with Gasteiger partial charge in [0.25, 0.3) is 11.7 Å². The Hall–Kier alpha value is -3.29. The molecule has 1 aromatic carbocycles. The second-order valence-electron chi connectivity index (χ2n) is 7.09. The maximum Gasteiger partial charge on any atom is 0.306 e. The van der Waals surface area contributed by atoms with E-state index in [1.54, 1.807) is 9.42 Å². The Morgan fingerprint density at radius 2 is 1.90 bits per heavy atom. The highest BCUT2D eigenvalue weighted by atomic mass is 16.5. The first-order valence-corrected chi connectivity index (χ1v) is 9.57. The van der Waals surface area contributed by atoms with Gasteiger partial charge in [-0.1, -0.05) is 18.2 Å². The molecule has 0 aliphatic heterocycles. The first-order chi connectivity index (χ1) is 13.9.